The van der Waals surface area contributed by atoms with Gasteiger partial charge in [-0.3, -0.25) is 6.58 Å². The Kier molecular flexibility index (Phi) is 14.7. The van der Waals surface area contributed by atoms with E-state index in [1.165, 1.54) is 0 Å². The Bertz CT molecular complexity index is 49.5. The second-order valence-corrected chi connectivity index (χ2v) is 0.494. The van der Waals surface area contributed by atoms with Crippen LogP contribution in [0.1, 0.15) is 6.92 Å². The van der Waals surface area contributed by atoms with Gasteiger partial charge >= 0.3 is 0 Å². The fourth-order valence-electron chi connectivity index (χ4n) is 0.0791. The fourth-order valence-corrected chi connectivity index (χ4v) is 0.0791. The molecule has 0 spiro atoms. The van der Waals surface area contributed by atoms with Gasteiger partial charge in [0.15, 0.2) is 0 Å². The summed E-state index contributed by atoms with van der Waals surface area (Å²) in [5.74, 6) is 0. The number of hydrogen-bond donors (Lipinski definition) is 0. The number of aliphatic imine (C=N–C) groups is 1. The first-order valence-electron chi connectivity index (χ1n) is 1.30. The summed E-state index contributed by atoms with van der Waals surface area (Å²) >= 11 is 0. The topological polar surface area (TPSA) is 12.4 Å². The summed E-state index contributed by atoms with van der Waals surface area (Å²) < 4.78 is 0. The summed E-state index contributed by atoms with van der Waals surface area (Å²) in [6, 6.07) is 0. The first-order chi connectivity index (χ1) is 2.41. The van der Waals surface area contributed by atoms with Gasteiger partial charge in [0.05, 0.1) is 0 Å². The zero-order valence-corrected chi connectivity index (χ0v) is 10.3. The Balaban J connectivity index is 0. The maximum atomic E-state index is 3.36. The summed E-state index contributed by atoms with van der Waals surface area (Å²) in [6.07, 6.45) is 4.75. The normalized spacial score (nSPS) is 7.50. The van der Waals surface area contributed by atoms with E-state index in [9.17, 15) is 0 Å². The minimum atomic E-state index is 0. The molecule has 0 bridgehead atoms. The molecule has 2 heteroatoms. The second-order valence-electron chi connectivity index (χ2n) is 0.494. The summed E-state index contributed by atoms with van der Waals surface area (Å²) in [6.45, 7) is 4.89. The van der Waals surface area contributed by atoms with Gasteiger partial charge in [0.2, 0.25) is 0 Å². The van der Waals surface area contributed by atoms with E-state index >= 15 is 0 Å². The molecule has 0 rings (SSSR count). The van der Waals surface area contributed by atoms with Gasteiger partial charge in [0.1, 0.15) is 0 Å². The molecular weight excluding hydrogens is 329 g/mol. The van der Waals surface area contributed by atoms with Crippen LogP contribution in [0.4, 0.5) is 0 Å². The SMILES string of the molecule is C=[C-]N=[C-]C.[Rf]. The van der Waals surface area contributed by atoms with Gasteiger partial charge < -0.3 is 17.4 Å². The van der Waals surface area contributed by atoms with Gasteiger partial charge in [0, 0.05) is 0 Å². The third-order valence-electron chi connectivity index (χ3n) is 0.191. The van der Waals surface area contributed by atoms with Crippen LogP contribution in [0.25, 0.3) is 0 Å². The Morgan fingerprint density at radius 1 is 1.67 bits per heavy atom. The zero-order chi connectivity index (χ0) is 4.12. The maximum Gasteiger partial charge on any atom is 0 e. The van der Waals surface area contributed by atoms with Crippen LogP contribution >= 0.6 is 0 Å². The van der Waals surface area contributed by atoms with Crippen molar-refractivity contribution in [2.75, 3.05) is 0 Å². The van der Waals surface area contributed by atoms with E-state index in [1.54, 1.807) is 6.92 Å². The molecule has 0 aliphatic heterocycles. The van der Waals surface area contributed by atoms with Crippen LogP contribution in [0.15, 0.2) is 11.6 Å². The minimum Gasteiger partial charge on any atom is -0.680 e. The minimum absolute atomic E-state index is 0. The molecule has 0 aliphatic carbocycles. The third kappa shape index (κ3) is 28.5. The predicted molar refractivity (Wildman–Crippen MR) is 22.0 cm³/mol. The molecule has 0 heterocycles. The van der Waals surface area contributed by atoms with Gasteiger partial charge in [-0.05, 0) is 0 Å². The standard InChI is InChI=1S/C4H5N.Rf/c1-3-5-4-2;/h1H2,2H3;/q-2;. The summed E-state index contributed by atoms with van der Waals surface area (Å²) in [5, 5.41) is 0. The van der Waals surface area contributed by atoms with Crippen molar-refractivity contribution in [1.82, 2.24) is 0 Å². The van der Waals surface area contributed by atoms with Gasteiger partial charge in [-0.15, -0.1) is 0 Å². The fraction of sp³-hybridized carbons (Fsp3) is 0.250. The quantitative estimate of drug-likeness (QED) is 0.499. The molecule has 0 aromatic heterocycles. The molecule has 0 aromatic rings. The molecule has 0 saturated carbocycles. The van der Waals surface area contributed by atoms with Gasteiger partial charge in [-0.2, -0.15) is 6.92 Å². The molecule has 0 saturated heterocycles. The monoisotopic (exact) mass is 334 g/mol. The first-order valence-corrected chi connectivity index (χ1v) is 1.30. The number of nitrogens with zero attached hydrogens (tertiary/aromatic N) is 1. The van der Waals surface area contributed by atoms with E-state index < -0.39 is 0 Å². The van der Waals surface area contributed by atoms with Crippen LogP contribution in [0.5, 0.6) is 0 Å². The van der Waals surface area contributed by atoms with E-state index in [2.05, 4.69) is 24.0 Å². The van der Waals surface area contributed by atoms with Crippen LogP contribution in [-0.2, 0) is 0 Å². The Labute approximate surface area is 32.0 Å². The summed E-state index contributed by atoms with van der Waals surface area (Å²) in [5.41, 5.74) is 0. The van der Waals surface area contributed by atoms with Gasteiger partial charge in [0.25, 0.3) is 0 Å². The molecule has 1 nitrogen and oxygen atoms in total. The van der Waals surface area contributed by atoms with Crippen molar-refractivity contribution in [2.45, 2.75) is 6.92 Å². The molecule has 0 aromatic carbocycles. The molecule has 30 valence electrons. The molecule has 0 unspecified atom stereocenters. The summed E-state index contributed by atoms with van der Waals surface area (Å²) in [4.78, 5) is 3.36. The first kappa shape index (κ1) is 8.83. The van der Waals surface area contributed by atoms with Crippen molar-refractivity contribution >= 4 is 6.21 Å². The van der Waals surface area contributed by atoms with Crippen LogP contribution in [0.3, 0.4) is 0 Å². The van der Waals surface area contributed by atoms with Crippen molar-refractivity contribution in [1.29, 1.82) is 0 Å². The molecule has 0 fully saturated rings. The smallest absolute Gasteiger partial charge is 0 e. The zero-order valence-electron chi connectivity index (χ0n) is 3.86. The average Bonchev–Trinajstić information content (AvgIpc) is 1.41. The van der Waals surface area contributed by atoms with Crippen molar-refractivity contribution in [3.63, 3.8) is 0 Å². The maximum absolute atomic E-state index is 3.36. The molecule has 0 atom stereocenters. The van der Waals surface area contributed by atoms with Gasteiger partial charge in [-0.25, -0.2) is 0 Å². The third-order valence-corrected chi connectivity index (χ3v) is 0.191. The van der Waals surface area contributed by atoms with E-state index in [-0.39, 0.29) is 0 Å². The number of hydrogen-bond acceptors (Lipinski definition) is 1. The second kappa shape index (κ2) is 9.96. The van der Waals surface area contributed by atoms with Crippen molar-refractivity contribution in [2.24, 2.45) is 4.99 Å². The van der Waals surface area contributed by atoms with E-state index in [4.69, 9.17) is 0 Å². The molecule has 0 amide bonds. The Hall–Kier alpha value is -1.59. The molecular formula is C4H5NRf-2. The van der Waals surface area contributed by atoms with Crippen LogP contribution in [0.2, 0.25) is 0 Å². The predicted octanol–water partition coefficient (Wildman–Crippen LogP) is 0.901. The largest absolute Gasteiger partial charge is 0.680 e. The van der Waals surface area contributed by atoms with Crippen LogP contribution in [-0.4, -0.2) is 6.21 Å². The molecule has 6 heavy (non-hydrogen) atoms. The molecule has 0 aliphatic rings. The summed E-state index contributed by atoms with van der Waals surface area (Å²) in [7, 11) is 0. The number of rotatable bonds is 1. The van der Waals surface area contributed by atoms with Crippen molar-refractivity contribution < 1.29 is 0 Å². The van der Waals surface area contributed by atoms with Crippen molar-refractivity contribution in [3.05, 3.63) is 12.8 Å². The van der Waals surface area contributed by atoms with Crippen molar-refractivity contribution in [3.8, 4) is 0 Å². The Morgan fingerprint density at radius 3 is 2.17 bits per heavy atom. The van der Waals surface area contributed by atoms with E-state index in [1.807, 2.05) is 0 Å². The molecule has 0 N–H and O–H groups in total. The van der Waals surface area contributed by atoms with Crippen LogP contribution < -0.4 is 0 Å². The average molecular weight is 334 g/mol. The van der Waals surface area contributed by atoms with E-state index in [0.717, 1.165) is 0 Å². The Morgan fingerprint density at radius 2 is 2.17 bits per heavy atom. The van der Waals surface area contributed by atoms with Crippen LogP contribution in [0, 0.1) is 6.20 Å². The van der Waals surface area contributed by atoms with Gasteiger partial charge in [-0.1, -0.05) is 0 Å². The molecule has 0 radical (unpaired) electrons. The van der Waals surface area contributed by atoms with E-state index in [0.29, 0.717) is 0 Å².